The van der Waals surface area contributed by atoms with Crippen LogP contribution in [-0.4, -0.2) is 23.7 Å². The Morgan fingerprint density at radius 1 is 1.23 bits per heavy atom. The van der Waals surface area contributed by atoms with Gasteiger partial charge in [0, 0.05) is 22.5 Å². The number of nitrogens with one attached hydrogen (secondary N) is 1. The first-order valence-electron chi connectivity index (χ1n) is 8.32. The van der Waals surface area contributed by atoms with Gasteiger partial charge in [0.15, 0.2) is 0 Å². The zero-order valence-electron chi connectivity index (χ0n) is 12.9. The number of hydrogen-bond donors (Lipinski definition) is 2. The van der Waals surface area contributed by atoms with Gasteiger partial charge in [0.2, 0.25) is 0 Å². The van der Waals surface area contributed by atoms with Gasteiger partial charge in [0.05, 0.1) is 5.92 Å². The number of carboxylic acids is 1. The molecule has 0 radical (unpaired) electrons. The van der Waals surface area contributed by atoms with Crippen molar-refractivity contribution in [3.8, 4) is 0 Å². The second kappa shape index (κ2) is 6.71. The fourth-order valence-electron chi connectivity index (χ4n) is 3.92. The van der Waals surface area contributed by atoms with Gasteiger partial charge in [-0.3, -0.25) is 4.79 Å². The van der Waals surface area contributed by atoms with Gasteiger partial charge in [0.25, 0.3) is 0 Å². The molecule has 3 rings (SSSR count). The Labute approximate surface area is 140 Å². The van der Waals surface area contributed by atoms with Crippen LogP contribution in [0, 0.1) is 5.92 Å². The molecule has 0 aromatic heterocycles. The maximum atomic E-state index is 11.0. The van der Waals surface area contributed by atoms with Crippen LogP contribution in [0.15, 0.2) is 28.7 Å². The van der Waals surface area contributed by atoms with Crippen molar-refractivity contribution in [1.82, 2.24) is 5.32 Å². The zero-order valence-corrected chi connectivity index (χ0v) is 14.4. The molecule has 1 aromatic rings. The maximum absolute atomic E-state index is 11.0. The van der Waals surface area contributed by atoms with E-state index in [1.54, 1.807) is 0 Å². The van der Waals surface area contributed by atoms with Gasteiger partial charge in [-0.1, -0.05) is 40.5 Å². The third-order valence-corrected chi connectivity index (χ3v) is 6.25. The highest BCUT2D eigenvalue weighted by Crippen LogP contribution is 2.46. The number of halogens is 1. The Morgan fingerprint density at radius 3 is 2.45 bits per heavy atom. The minimum Gasteiger partial charge on any atom is -0.481 e. The Morgan fingerprint density at radius 2 is 1.91 bits per heavy atom. The third kappa shape index (κ3) is 3.23. The summed E-state index contributed by atoms with van der Waals surface area (Å²) in [5.41, 5.74) is 1.69. The molecule has 1 aromatic carbocycles. The summed E-state index contributed by atoms with van der Waals surface area (Å²) in [5, 5.41) is 12.8. The molecule has 2 aliphatic rings. The van der Waals surface area contributed by atoms with E-state index in [0.29, 0.717) is 6.04 Å². The molecule has 0 atom stereocenters. The van der Waals surface area contributed by atoms with E-state index in [0.717, 1.165) is 32.2 Å². The van der Waals surface area contributed by atoms with Crippen LogP contribution >= 0.6 is 15.9 Å². The molecule has 3 nitrogen and oxygen atoms in total. The Bertz CT molecular complexity index is 534. The van der Waals surface area contributed by atoms with Crippen molar-refractivity contribution < 1.29 is 9.90 Å². The summed E-state index contributed by atoms with van der Waals surface area (Å²) in [5.74, 6) is -0.749. The van der Waals surface area contributed by atoms with E-state index in [2.05, 4.69) is 45.5 Å². The Kier molecular flexibility index (Phi) is 4.88. The lowest BCUT2D eigenvalue weighted by Gasteiger charge is -2.44. The van der Waals surface area contributed by atoms with Gasteiger partial charge in [-0.15, -0.1) is 0 Å². The van der Waals surface area contributed by atoms with E-state index in [9.17, 15) is 4.79 Å². The molecular weight excluding hydrogens is 342 g/mol. The van der Waals surface area contributed by atoms with E-state index in [1.165, 1.54) is 29.3 Å². The van der Waals surface area contributed by atoms with E-state index in [4.69, 9.17) is 5.11 Å². The summed E-state index contributed by atoms with van der Waals surface area (Å²) in [6.07, 6.45) is 7.39. The van der Waals surface area contributed by atoms with Gasteiger partial charge < -0.3 is 10.4 Å². The number of benzene rings is 1. The van der Waals surface area contributed by atoms with E-state index in [-0.39, 0.29) is 11.3 Å². The van der Waals surface area contributed by atoms with Crippen LogP contribution in [-0.2, 0) is 10.2 Å². The van der Waals surface area contributed by atoms with E-state index in [1.807, 2.05) is 0 Å². The molecule has 0 bridgehead atoms. The predicted molar refractivity (Wildman–Crippen MR) is 91.1 cm³/mol. The molecule has 2 aliphatic carbocycles. The summed E-state index contributed by atoms with van der Waals surface area (Å²) in [6, 6.07) is 9.05. The quantitative estimate of drug-likeness (QED) is 0.825. The molecule has 0 spiro atoms. The van der Waals surface area contributed by atoms with Gasteiger partial charge in [0.1, 0.15) is 0 Å². The highest BCUT2D eigenvalue weighted by molar-refractivity contribution is 9.10. The number of hydrogen-bond acceptors (Lipinski definition) is 2. The molecule has 22 heavy (non-hydrogen) atoms. The lowest BCUT2D eigenvalue weighted by Crippen LogP contribution is -2.48. The molecule has 0 aliphatic heterocycles. The van der Waals surface area contributed by atoms with Crippen molar-refractivity contribution >= 4 is 21.9 Å². The van der Waals surface area contributed by atoms with E-state index < -0.39 is 5.97 Å². The van der Waals surface area contributed by atoms with Gasteiger partial charge in [-0.25, -0.2) is 0 Å². The molecule has 2 saturated carbocycles. The monoisotopic (exact) mass is 365 g/mol. The lowest BCUT2D eigenvalue weighted by atomic mass is 9.64. The molecular formula is C18H24BrNO2. The zero-order chi connectivity index (χ0) is 15.6. The number of rotatable bonds is 5. The second-order valence-electron chi connectivity index (χ2n) is 6.88. The molecule has 2 N–H and O–H groups in total. The first kappa shape index (κ1) is 16.0. The molecule has 2 fully saturated rings. The molecule has 120 valence electrons. The van der Waals surface area contributed by atoms with Crippen molar-refractivity contribution in [3.05, 3.63) is 34.3 Å². The number of carbonyl (C=O) groups is 1. The van der Waals surface area contributed by atoms with Crippen molar-refractivity contribution in [2.24, 2.45) is 5.92 Å². The van der Waals surface area contributed by atoms with Gasteiger partial charge in [-0.2, -0.15) is 0 Å². The van der Waals surface area contributed by atoms with Crippen molar-refractivity contribution in [1.29, 1.82) is 0 Å². The molecule has 4 heteroatoms. The Hall–Kier alpha value is -0.870. The van der Waals surface area contributed by atoms with Crippen LogP contribution in [0.5, 0.6) is 0 Å². The van der Waals surface area contributed by atoms with E-state index >= 15 is 0 Å². The minimum absolute atomic E-state index is 0.126. The number of carboxylic acid groups (broad SMARTS) is 1. The average molecular weight is 366 g/mol. The van der Waals surface area contributed by atoms with Crippen molar-refractivity contribution in [2.45, 2.75) is 56.4 Å². The standard InChI is InChI=1S/C18H24BrNO2/c19-16-5-2-1-4-15(16)18(10-3-11-18)12-20-14-8-6-13(7-9-14)17(21)22/h1-2,4-5,13-14,20H,3,6-12H2,(H,21,22). The van der Waals surface area contributed by atoms with Crippen molar-refractivity contribution in [2.75, 3.05) is 6.54 Å². The smallest absolute Gasteiger partial charge is 0.306 e. The van der Waals surface area contributed by atoms with Gasteiger partial charge >= 0.3 is 5.97 Å². The summed E-state index contributed by atoms with van der Waals surface area (Å²) in [6.45, 7) is 1.01. The van der Waals surface area contributed by atoms with Gasteiger partial charge in [-0.05, 0) is 50.2 Å². The topological polar surface area (TPSA) is 49.3 Å². The summed E-state index contributed by atoms with van der Waals surface area (Å²) >= 11 is 3.70. The van der Waals surface area contributed by atoms with Crippen LogP contribution in [0.1, 0.15) is 50.5 Å². The molecule has 0 unspecified atom stereocenters. The third-order valence-electron chi connectivity index (χ3n) is 5.56. The first-order chi connectivity index (χ1) is 10.6. The first-order valence-corrected chi connectivity index (χ1v) is 9.11. The van der Waals surface area contributed by atoms with Crippen LogP contribution < -0.4 is 5.32 Å². The van der Waals surface area contributed by atoms with Crippen LogP contribution in [0.4, 0.5) is 0 Å². The summed E-state index contributed by atoms with van der Waals surface area (Å²) in [4.78, 5) is 11.0. The largest absolute Gasteiger partial charge is 0.481 e. The fourth-order valence-corrected chi connectivity index (χ4v) is 4.63. The highest BCUT2D eigenvalue weighted by atomic mass is 79.9. The SMILES string of the molecule is O=C(O)C1CCC(NCC2(c3ccccc3Br)CCC2)CC1. The average Bonchev–Trinajstić information content (AvgIpc) is 2.48. The highest BCUT2D eigenvalue weighted by Gasteiger charge is 2.40. The minimum atomic E-state index is -0.623. The summed E-state index contributed by atoms with van der Waals surface area (Å²) in [7, 11) is 0. The molecule has 0 saturated heterocycles. The van der Waals surface area contributed by atoms with Crippen LogP contribution in [0.25, 0.3) is 0 Å². The van der Waals surface area contributed by atoms with Crippen LogP contribution in [0.2, 0.25) is 0 Å². The molecule has 0 heterocycles. The molecule has 0 amide bonds. The van der Waals surface area contributed by atoms with Crippen LogP contribution in [0.3, 0.4) is 0 Å². The fraction of sp³-hybridized carbons (Fsp3) is 0.611. The lowest BCUT2D eigenvalue weighted by molar-refractivity contribution is -0.142. The number of aliphatic carboxylic acids is 1. The summed E-state index contributed by atoms with van der Waals surface area (Å²) < 4.78 is 1.21. The normalized spacial score (nSPS) is 27.1. The van der Waals surface area contributed by atoms with Crippen molar-refractivity contribution in [3.63, 3.8) is 0 Å². The predicted octanol–water partition coefficient (Wildman–Crippen LogP) is 4.10. The maximum Gasteiger partial charge on any atom is 0.306 e. The Balaban J connectivity index is 1.59. The second-order valence-corrected chi connectivity index (χ2v) is 7.74.